The first-order valence-corrected chi connectivity index (χ1v) is 9.93. The van der Waals surface area contributed by atoms with Gasteiger partial charge in [-0.25, -0.2) is 0 Å². The topological polar surface area (TPSA) is 113 Å². The van der Waals surface area contributed by atoms with Gasteiger partial charge in [0.25, 0.3) is 5.91 Å². The Morgan fingerprint density at radius 2 is 2.03 bits per heavy atom. The van der Waals surface area contributed by atoms with Crippen molar-refractivity contribution in [1.82, 2.24) is 30.4 Å². The van der Waals surface area contributed by atoms with Gasteiger partial charge in [0.15, 0.2) is 17.3 Å². The second-order valence-electron chi connectivity index (χ2n) is 7.29. The van der Waals surface area contributed by atoms with Crippen LogP contribution in [-0.4, -0.2) is 58.2 Å². The average molecular weight is 408 g/mol. The fraction of sp³-hybridized carbons (Fsp3) is 0.400. The van der Waals surface area contributed by atoms with Crippen molar-refractivity contribution in [3.63, 3.8) is 0 Å². The van der Waals surface area contributed by atoms with E-state index in [0.717, 1.165) is 31.5 Å². The molecule has 4 rings (SSSR count). The number of rotatable bonds is 6. The summed E-state index contributed by atoms with van der Waals surface area (Å²) in [5, 5.41) is 6.67. The lowest BCUT2D eigenvalue weighted by Crippen LogP contribution is -2.33. The number of carbonyl (C=O) groups is 1. The second-order valence-corrected chi connectivity index (χ2v) is 7.29. The fourth-order valence-electron chi connectivity index (χ4n) is 3.19. The molecule has 0 spiro atoms. The van der Waals surface area contributed by atoms with Gasteiger partial charge in [0.1, 0.15) is 0 Å². The number of nitrogens with one attached hydrogen (secondary N) is 1. The molecule has 1 aliphatic heterocycles. The van der Waals surface area contributed by atoms with Gasteiger partial charge in [-0.3, -0.25) is 9.78 Å². The quantitative estimate of drug-likeness (QED) is 0.653. The first-order chi connectivity index (χ1) is 14.6. The number of aromatic nitrogens is 5. The fourth-order valence-corrected chi connectivity index (χ4v) is 3.19. The van der Waals surface area contributed by atoms with Crippen LogP contribution >= 0.6 is 0 Å². The van der Waals surface area contributed by atoms with Crippen molar-refractivity contribution in [1.29, 1.82) is 0 Å². The largest absolute Gasteiger partial charge is 0.355 e. The van der Waals surface area contributed by atoms with Gasteiger partial charge < -0.3 is 19.6 Å². The van der Waals surface area contributed by atoms with Crippen LogP contribution in [0.15, 0.2) is 35.1 Å². The molecule has 1 fully saturated rings. The minimum Gasteiger partial charge on any atom is -0.355 e. The Bertz CT molecular complexity index is 999. The van der Waals surface area contributed by atoms with E-state index in [1.165, 1.54) is 6.42 Å². The van der Waals surface area contributed by atoms with E-state index in [4.69, 9.17) is 4.52 Å². The van der Waals surface area contributed by atoms with Gasteiger partial charge in [0.05, 0.1) is 6.54 Å². The highest BCUT2D eigenvalue weighted by molar-refractivity contribution is 5.92. The lowest BCUT2D eigenvalue weighted by molar-refractivity contribution is 0.0941. The maximum absolute atomic E-state index is 12.5. The van der Waals surface area contributed by atoms with E-state index < -0.39 is 0 Å². The monoisotopic (exact) mass is 408 g/mol. The molecular weight excluding hydrogens is 384 g/mol. The molecule has 1 amide bonds. The van der Waals surface area contributed by atoms with Gasteiger partial charge >= 0.3 is 0 Å². The first-order valence-electron chi connectivity index (χ1n) is 9.93. The third-order valence-electron chi connectivity index (χ3n) is 4.79. The molecule has 0 radical (unpaired) electrons. The lowest BCUT2D eigenvalue weighted by atomic mass is 10.1. The zero-order valence-electron chi connectivity index (χ0n) is 17.1. The molecule has 10 nitrogen and oxygen atoms in total. The molecular formula is C20H24N8O2. The van der Waals surface area contributed by atoms with Crippen LogP contribution in [0.2, 0.25) is 0 Å². The van der Waals surface area contributed by atoms with Crippen LogP contribution in [0.25, 0.3) is 11.3 Å². The predicted molar refractivity (Wildman–Crippen MR) is 111 cm³/mol. The number of carbonyl (C=O) groups excluding carboxylic acids is 1. The molecule has 1 saturated heterocycles. The number of nitrogens with zero attached hydrogens (tertiary/aromatic N) is 7. The molecule has 0 saturated carbocycles. The van der Waals surface area contributed by atoms with E-state index in [2.05, 4.69) is 35.3 Å². The summed E-state index contributed by atoms with van der Waals surface area (Å²) in [7, 11) is 3.76. The molecule has 0 atom stereocenters. The summed E-state index contributed by atoms with van der Waals surface area (Å²) in [4.78, 5) is 34.2. The summed E-state index contributed by atoms with van der Waals surface area (Å²) < 4.78 is 5.27. The van der Waals surface area contributed by atoms with Crippen molar-refractivity contribution in [3.8, 4) is 11.3 Å². The third-order valence-corrected chi connectivity index (χ3v) is 4.79. The van der Waals surface area contributed by atoms with Gasteiger partial charge in [-0.15, -0.1) is 0 Å². The zero-order valence-corrected chi connectivity index (χ0v) is 17.1. The molecule has 10 heteroatoms. The number of pyridine rings is 1. The summed E-state index contributed by atoms with van der Waals surface area (Å²) in [6.07, 6.45) is 6.80. The molecule has 1 N–H and O–H groups in total. The van der Waals surface area contributed by atoms with Gasteiger partial charge in [0, 0.05) is 51.2 Å². The highest BCUT2D eigenvalue weighted by atomic mass is 16.5. The van der Waals surface area contributed by atoms with E-state index in [0.29, 0.717) is 23.5 Å². The number of anilines is 2. The van der Waals surface area contributed by atoms with E-state index in [1.807, 2.05) is 25.1 Å². The molecule has 3 aromatic heterocycles. The Morgan fingerprint density at radius 3 is 2.77 bits per heavy atom. The maximum atomic E-state index is 12.5. The SMILES string of the molecule is CN(C)c1nc(CNC(=O)c2cc(-c3cccnc3)on2)nc(N2CCCCC2)n1. The summed E-state index contributed by atoms with van der Waals surface area (Å²) in [5.41, 5.74) is 0.940. The van der Waals surface area contributed by atoms with Crippen molar-refractivity contribution in [2.45, 2.75) is 25.8 Å². The Balaban J connectivity index is 1.47. The smallest absolute Gasteiger partial charge is 0.273 e. The van der Waals surface area contributed by atoms with Gasteiger partial charge in [-0.2, -0.15) is 15.0 Å². The van der Waals surface area contributed by atoms with E-state index in [-0.39, 0.29) is 18.1 Å². The normalized spacial score (nSPS) is 13.9. The molecule has 30 heavy (non-hydrogen) atoms. The number of piperidine rings is 1. The summed E-state index contributed by atoms with van der Waals surface area (Å²) in [6, 6.07) is 5.22. The van der Waals surface area contributed by atoms with Crippen molar-refractivity contribution in [3.05, 3.63) is 42.1 Å². The van der Waals surface area contributed by atoms with E-state index >= 15 is 0 Å². The number of amides is 1. The van der Waals surface area contributed by atoms with Crippen molar-refractivity contribution < 1.29 is 9.32 Å². The number of hydrogen-bond acceptors (Lipinski definition) is 9. The Hall–Kier alpha value is -3.56. The molecule has 0 aliphatic carbocycles. The Kier molecular flexibility index (Phi) is 5.82. The number of hydrogen-bond donors (Lipinski definition) is 1. The van der Waals surface area contributed by atoms with Gasteiger partial charge in [-0.1, -0.05) is 5.16 Å². The minimum atomic E-state index is -0.361. The molecule has 4 heterocycles. The van der Waals surface area contributed by atoms with Crippen LogP contribution in [0, 0.1) is 0 Å². The minimum absolute atomic E-state index is 0.165. The van der Waals surface area contributed by atoms with Crippen molar-refractivity contribution >= 4 is 17.8 Å². The van der Waals surface area contributed by atoms with Crippen LogP contribution in [0.5, 0.6) is 0 Å². The first kappa shape index (κ1) is 19.7. The van der Waals surface area contributed by atoms with Gasteiger partial charge in [-0.05, 0) is 31.4 Å². The van der Waals surface area contributed by atoms with Crippen molar-refractivity contribution in [2.24, 2.45) is 0 Å². The van der Waals surface area contributed by atoms with Gasteiger partial charge in [0.2, 0.25) is 11.9 Å². The zero-order chi connectivity index (χ0) is 20.9. The third kappa shape index (κ3) is 4.53. The van der Waals surface area contributed by atoms with Crippen molar-refractivity contribution in [2.75, 3.05) is 37.0 Å². The standard InChI is InChI=1S/C20H24N8O2/c1-27(2)19-23-17(24-20(25-19)28-9-4-3-5-10-28)13-22-18(29)15-11-16(30-26-15)14-7-6-8-21-12-14/h6-8,11-12H,3-5,9-10,13H2,1-2H3,(H,22,29). The molecule has 1 aliphatic rings. The van der Waals surface area contributed by atoms with Crippen LogP contribution in [-0.2, 0) is 6.54 Å². The highest BCUT2D eigenvalue weighted by Gasteiger charge is 2.18. The average Bonchev–Trinajstić information content (AvgIpc) is 3.29. The predicted octanol–water partition coefficient (Wildman–Crippen LogP) is 1.91. The van der Waals surface area contributed by atoms with E-state index in [9.17, 15) is 4.79 Å². The summed E-state index contributed by atoms with van der Waals surface area (Å²) in [5.74, 6) is 1.84. The Labute approximate surface area is 174 Å². The van der Waals surface area contributed by atoms with Crippen LogP contribution in [0.4, 0.5) is 11.9 Å². The van der Waals surface area contributed by atoms with Crippen LogP contribution in [0.1, 0.15) is 35.6 Å². The molecule has 0 aromatic carbocycles. The second kappa shape index (κ2) is 8.85. The lowest BCUT2D eigenvalue weighted by Gasteiger charge is -2.27. The summed E-state index contributed by atoms with van der Waals surface area (Å²) >= 11 is 0. The van der Waals surface area contributed by atoms with Crippen LogP contribution < -0.4 is 15.1 Å². The Morgan fingerprint density at radius 1 is 1.20 bits per heavy atom. The highest BCUT2D eigenvalue weighted by Crippen LogP contribution is 2.20. The molecule has 156 valence electrons. The molecule has 3 aromatic rings. The summed E-state index contributed by atoms with van der Waals surface area (Å²) in [6.45, 7) is 2.02. The maximum Gasteiger partial charge on any atom is 0.273 e. The molecule has 0 unspecified atom stereocenters. The van der Waals surface area contributed by atoms with Crippen LogP contribution in [0.3, 0.4) is 0 Å². The molecule has 0 bridgehead atoms. The van der Waals surface area contributed by atoms with E-state index in [1.54, 1.807) is 24.5 Å².